The highest BCUT2D eigenvalue weighted by Crippen LogP contribution is 2.28. The van der Waals surface area contributed by atoms with Crippen LogP contribution in [0.4, 0.5) is 24.9 Å². The molecule has 0 aliphatic heterocycles. The molecule has 0 spiro atoms. The molecule has 3 N–H and O–H groups in total. The van der Waals surface area contributed by atoms with Crippen LogP contribution in [0.25, 0.3) is 0 Å². The molecule has 3 rings (SSSR count). The van der Waals surface area contributed by atoms with Gasteiger partial charge in [-0.2, -0.15) is 18.2 Å². The minimum Gasteiger partial charge on any atom is -0.467 e. The molecule has 0 saturated heterocycles. The van der Waals surface area contributed by atoms with Gasteiger partial charge in [0.25, 0.3) is 5.91 Å². The van der Waals surface area contributed by atoms with Crippen molar-refractivity contribution in [3.63, 3.8) is 0 Å². The van der Waals surface area contributed by atoms with Crippen molar-refractivity contribution in [2.24, 2.45) is 0 Å². The van der Waals surface area contributed by atoms with Crippen LogP contribution in [0.15, 0.2) is 18.6 Å². The van der Waals surface area contributed by atoms with Crippen LogP contribution in [0, 0.1) is 6.92 Å². The number of halogens is 3. The van der Waals surface area contributed by atoms with Crippen LogP contribution >= 0.6 is 0 Å². The second-order valence-electron chi connectivity index (χ2n) is 7.26. The normalized spacial score (nSPS) is 18.9. The molecule has 0 unspecified atom stereocenters. The zero-order chi connectivity index (χ0) is 22.4. The van der Waals surface area contributed by atoms with Crippen molar-refractivity contribution in [1.29, 1.82) is 0 Å². The summed E-state index contributed by atoms with van der Waals surface area (Å²) in [6.07, 6.45) is 1.04. The predicted molar refractivity (Wildman–Crippen MR) is 107 cm³/mol. The van der Waals surface area contributed by atoms with Gasteiger partial charge in [-0.05, 0) is 32.6 Å². The highest BCUT2D eigenvalue weighted by molar-refractivity contribution is 5.77. The van der Waals surface area contributed by atoms with E-state index in [1.807, 2.05) is 6.92 Å². The van der Waals surface area contributed by atoms with Gasteiger partial charge in [-0.1, -0.05) is 0 Å². The van der Waals surface area contributed by atoms with Gasteiger partial charge in [0.05, 0.1) is 0 Å². The Bertz CT molecular complexity index is 902. The van der Waals surface area contributed by atoms with Crippen LogP contribution in [-0.4, -0.2) is 51.6 Å². The van der Waals surface area contributed by atoms with Crippen molar-refractivity contribution in [3.05, 3.63) is 29.8 Å². The topological polar surface area (TPSA) is 114 Å². The van der Waals surface area contributed by atoms with Gasteiger partial charge in [0.15, 0.2) is 12.3 Å². The summed E-state index contributed by atoms with van der Waals surface area (Å²) < 4.78 is 43.1. The van der Waals surface area contributed by atoms with Gasteiger partial charge in [-0.15, -0.1) is 0 Å². The lowest BCUT2D eigenvalue weighted by atomic mass is 9.91. The van der Waals surface area contributed by atoms with Crippen molar-refractivity contribution in [2.45, 2.75) is 50.9 Å². The fourth-order valence-corrected chi connectivity index (χ4v) is 3.31. The monoisotopic (exact) mass is 439 g/mol. The maximum atomic E-state index is 12.7. The van der Waals surface area contributed by atoms with Gasteiger partial charge in [0, 0.05) is 37.0 Å². The number of nitrogens with zero attached hydrogens (tertiary/aromatic N) is 4. The molecule has 9 nitrogen and oxygen atoms in total. The third-order valence-electron chi connectivity index (χ3n) is 4.92. The van der Waals surface area contributed by atoms with Crippen molar-refractivity contribution in [3.8, 4) is 5.88 Å². The first-order valence-corrected chi connectivity index (χ1v) is 9.84. The van der Waals surface area contributed by atoms with Crippen LogP contribution in [0.3, 0.4) is 0 Å². The van der Waals surface area contributed by atoms with Crippen molar-refractivity contribution in [1.82, 2.24) is 25.3 Å². The molecule has 1 fully saturated rings. The maximum absolute atomic E-state index is 12.7. The lowest BCUT2D eigenvalue weighted by molar-refractivity contribution is -0.141. The lowest BCUT2D eigenvalue weighted by Gasteiger charge is -2.29. The Hall–Kier alpha value is -3.18. The second kappa shape index (κ2) is 9.75. The summed E-state index contributed by atoms with van der Waals surface area (Å²) in [5.74, 6) is 0.608. The van der Waals surface area contributed by atoms with Gasteiger partial charge >= 0.3 is 6.18 Å². The number of hydrogen-bond donors (Lipinski definition) is 3. The Morgan fingerprint density at radius 1 is 1.16 bits per heavy atom. The third kappa shape index (κ3) is 6.40. The molecular weight excluding hydrogens is 415 g/mol. The van der Waals surface area contributed by atoms with Gasteiger partial charge in [-0.3, -0.25) is 4.79 Å². The zero-order valence-electron chi connectivity index (χ0n) is 17.2. The SMILES string of the molecule is CNc1nc(N[C@H]2CC[C@@H](NC(=O)COc3cc(C(F)(F)F)ncn3)CC2)ncc1C. The number of amides is 1. The van der Waals surface area contributed by atoms with Gasteiger partial charge in [0.2, 0.25) is 11.8 Å². The molecular formula is C19H24F3N7O2. The zero-order valence-corrected chi connectivity index (χ0v) is 17.2. The van der Waals surface area contributed by atoms with Crippen LogP contribution in [-0.2, 0) is 11.0 Å². The highest BCUT2D eigenvalue weighted by Gasteiger charge is 2.33. The molecule has 1 saturated carbocycles. The molecule has 168 valence electrons. The summed E-state index contributed by atoms with van der Waals surface area (Å²) in [6.45, 7) is 1.50. The van der Waals surface area contributed by atoms with E-state index in [0.29, 0.717) is 12.0 Å². The van der Waals surface area contributed by atoms with E-state index in [1.54, 1.807) is 13.2 Å². The van der Waals surface area contributed by atoms with E-state index in [2.05, 4.69) is 35.9 Å². The molecule has 1 aliphatic rings. The first-order valence-electron chi connectivity index (χ1n) is 9.84. The molecule has 31 heavy (non-hydrogen) atoms. The number of carbonyl (C=O) groups is 1. The number of aryl methyl sites for hydroxylation is 1. The van der Waals surface area contributed by atoms with E-state index in [4.69, 9.17) is 4.74 Å². The number of rotatable bonds is 7. The fraction of sp³-hybridized carbons (Fsp3) is 0.526. The molecule has 2 heterocycles. The van der Waals surface area contributed by atoms with E-state index in [0.717, 1.165) is 43.4 Å². The summed E-state index contributed by atoms with van der Waals surface area (Å²) >= 11 is 0. The predicted octanol–water partition coefficient (Wildman–Crippen LogP) is 2.55. The average Bonchev–Trinajstić information content (AvgIpc) is 2.74. The number of carbonyl (C=O) groups excluding carboxylic acids is 1. The van der Waals surface area contributed by atoms with E-state index in [9.17, 15) is 18.0 Å². The quantitative estimate of drug-likeness (QED) is 0.603. The minimum absolute atomic E-state index is 0.0305. The first-order chi connectivity index (χ1) is 14.7. The van der Waals surface area contributed by atoms with E-state index in [1.165, 1.54) is 0 Å². The van der Waals surface area contributed by atoms with Crippen molar-refractivity contribution >= 4 is 17.7 Å². The molecule has 2 aromatic rings. The largest absolute Gasteiger partial charge is 0.467 e. The molecule has 2 aromatic heterocycles. The number of anilines is 2. The Morgan fingerprint density at radius 2 is 1.87 bits per heavy atom. The van der Waals surface area contributed by atoms with Crippen LogP contribution in [0.5, 0.6) is 5.88 Å². The van der Waals surface area contributed by atoms with E-state index in [-0.39, 0.29) is 18.0 Å². The number of nitrogens with one attached hydrogen (secondary N) is 3. The minimum atomic E-state index is -4.60. The number of hydrogen-bond acceptors (Lipinski definition) is 8. The van der Waals surface area contributed by atoms with Crippen LogP contribution in [0.2, 0.25) is 0 Å². The molecule has 12 heteroatoms. The second-order valence-corrected chi connectivity index (χ2v) is 7.26. The number of aromatic nitrogens is 4. The van der Waals surface area contributed by atoms with Gasteiger partial charge in [0.1, 0.15) is 12.1 Å². The van der Waals surface area contributed by atoms with Crippen LogP contribution < -0.4 is 20.7 Å². The Labute approximate surface area is 177 Å². The number of ether oxygens (including phenoxy) is 1. The van der Waals surface area contributed by atoms with Gasteiger partial charge in [-0.25, -0.2) is 15.0 Å². The summed E-state index contributed by atoms with van der Waals surface area (Å²) in [5.41, 5.74) is -0.165. The molecule has 0 aromatic carbocycles. The Balaban J connectivity index is 1.42. The number of alkyl halides is 3. The molecule has 0 radical (unpaired) electrons. The van der Waals surface area contributed by atoms with Gasteiger partial charge < -0.3 is 20.7 Å². The summed E-state index contributed by atoms with van der Waals surface area (Å²) in [5, 5.41) is 9.18. The van der Waals surface area contributed by atoms with E-state index >= 15 is 0 Å². The highest BCUT2D eigenvalue weighted by atomic mass is 19.4. The van der Waals surface area contributed by atoms with E-state index < -0.39 is 24.4 Å². The standard InChI is InChI=1S/C19H24F3N7O2/c1-11-8-24-18(29-17(11)23-2)28-13-5-3-12(4-6-13)27-15(30)9-31-16-7-14(19(20,21)22)25-10-26-16/h7-8,10,12-13H,3-6,9H2,1-2H3,(H,27,30)(H2,23,24,28,29)/t12-,13+. The molecule has 0 bridgehead atoms. The first kappa shape index (κ1) is 22.5. The maximum Gasteiger partial charge on any atom is 0.433 e. The fourth-order valence-electron chi connectivity index (χ4n) is 3.31. The average molecular weight is 439 g/mol. The summed E-state index contributed by atoms with van der Waals surface area (Å²) in [4.78, 5) is 27.6. The lowest BCUT2D eigenvalue weighted by Crippen LogP contribution is -2.42. The van der Waals surface area contributed by atoms with Crippen molar-refractivity contribution in [2.75, 3.05) is 24.3 Å². The Morgan fingerprint density at radius 3 is 2.55 bits per heavy atom. The van der Waals surface area contributed by atoms with Crippen molar-refractivity contribution < 1.29 is 22.7 Å². The summed E-state index contributed by atoms with van der Waals surface area (Å²) in [6, 6.07) is 0.826. The van der Waals surface area contributed by atoms with Crippen LogP contribution in [0.1, 0.15) is 36.9 Å². The third-order valence-corrected chi connectivity index (χ3v) is 4.92. The smallest absolute Gasteiger partial charge is 0.433 e. The summed E-state index contributed by atoms with van der Waals surface area (Å²) in [7, 11) is 1.80. The Kier molecular flexibility index (Phi) is 7.08. The molecule has 0 atom stereocenters. The molecule has 1 amide bonds. The molecule has 1 aliphatic carbocycles.